The highest BCUT2D eigenvalue weighted by atomic mass is 16.7. The lowest BCUT2D eigenvalue weighted by Crippen LogP contribution is -2.60. The maximum absolute atomic E-state index is 13.7. The van der Waals surface area contributed by atoms with Gasteiger partial charge in [-0.25, -0.2) is 0 Å². The maximum atomic E-state index is 13.7. The van der Waals surface area contributed by atoms with E-state index >= 15 is 0 Å². The van der Waals surface area contributed by atoms with Crippen molar-refractivity contribution >= 4 is 17.7 Å². The van der Waals surface area contributed by atoms with Gasteiger partial charge in [0.05, 0.1) is 35.9 Å². The first-order valence-electron chi connectivity index (χ1n) is 15.8. The third-order valence-corrected chi connectivity index (χ3v) is 8.29. The molecule has 0 radical (unpaired) electrons. The first-order chi connectivity index (χ1) is 20.4. The fourth-order valence-electron chi connectivity index (χ4n) is 6.00. The first-order valence-corrected chi connectivity index (χ1v) is 15.8. The molecule has 1 aromatic carbocycles. The standard InChI is InChI=1S/C32H48N2O8/c1-4-23(5-2)42-27(21-41-29-17-9-11-19-39-29)30(33-22(3)35)26(15-12-20-40-28-16-8-10-18-38-28)34-31(36)24-13-6-7-14-25(24)32(34)37/h6-7,13-14,23,26-30H,4-5,8-12,15-21H2,1-3H3,(H,33,35)/t26-,27-,28?,29-,30?/m0/s1. The number of carbonyl (C=O) groups is 3. The first kappa shape index (κ1) is 32.5. The highest BCUT2D eigenvalue weighted by molar-refractivity contribution is 6.21. The molecule has 2 unspecified atom stereocenters. The summed E-state index contributed by atoms with van der Waals surface area (Å²) in [5.41, 5.74) is 0.732. The number of carbonyl (C=O) groups excluding carboxylic acids is 3. The molecule has 10 heteroatoms. The minimum absolute atomic E-state index is 0.0863. The van der Waals surface area contributed by atoms with E-state index in [0.29, 0.717) is 43.8 Å². The van der Waals surface area contributed by atoms with Crippen molar-refractivity contribution in [3.8, 4) is 0 Å². The summed E-state index contributed by atoms with van der Waals surface area (Å²) in [5.74, 6) is -1.02. The predicted molar refractivity (Wildman–Crippen MR) is 156 cm³/mol. The van der Waals surface area contributed by atoms with E-state index in [-0.39, 0.29) is 43.0 Å². The Kier molecular flexibility index (Phi) is 12.8. The summed E-state index contributed by atoms with van der Waals surface area (Å²) in [4.78, 5) is 41.4. The lowest BCUT2D eigenvalue weighted by molar-refractivity contribution is -0.190. The van der Waals surface area contributed by atoms with Crippen molar-refractivity contribution in [3.63, 3.8) is 0 Å². The van der Waals surface area contributed by atoms with Crippen LogP contribution in [0.25, 0.3) is 0 Å². The molecule has 3 aliphatic heterocycles. The van der Waals surface area contributed by atoms with Crippen molar-refractivity contribution in [3.05, 3.63) is 35.4 Å². The molecule has 0 aromatic heterocycles. The summed E-state index contributed by atoms with van der Waals surface area (Å²) in [5, 5.41) is 3.06. The highest BCUT2D eigenvalue weighted by Gasteiger charge is 2.45. The zero-order valence-corrected chi connectivity index (χ0v) is 25.4. The van der Waals surface area contributed by atoms with E-state index in [1.165, 1.54) is 11.8 Å². The van der Waals surface area contributed by atoms with Crippen molar-refractivity contribution < 1.29 is 38.1 Å². The smallest absolute Gasteiger partial charge is 0.261 e. The van der Waals surface area contributed by atoms with E-state index in [2.05, 4.69) is 19.2 Å². The topological polar surface area (TPSA) is 113 Å². The Morgan fingerprint density at radius 2 is 1.55 bits per heavy atom. The van der Waals surface area contributed by atoms with Gasteiger partial charge in [0.1, 0.15) is 6.10 Å². The van der Waals surface area contributed by atoms with E-state index in [9.17, 15) is 14.4 Å². The van der Waals surface area contributed by atoms with Crippen LogP contribution in [-0.2, 0) is 28.5 Å². The number of hydrogen-bond donors (Lipinski definition) is 1. The van der Waals surface area contributed by atoms with Crippen molar-refractivity contribution in [2.24, 2.45) is 0 Å². The van der Waals surface area contributed by atoms with Crippen molar-refractivity contribution in [1.29, 1.82) is 0 Å². The van der Waals surface area contributed by atoms with Gasteiger partial charge < -0.3 is 29.0 Å². The van der Waals surface area contributed by atoms with Crippen LogP contribution in [0.2, 0.25) is 0 Å². The van der Waals surface area contributed by atoms with Crippen molar-refractivity contribution in [2.45, 2.75) is 122 Å². The normalized spacial score (nSPS) is 23.1. The molecule has 42 heavy (non-hydrogen) atoms. The molecule has 1 N–H and O–H groups in total. The molecule has 1 aromatic rings. The fourth-order valence-corrected chi connectivity index (χ4v) is 6.00. The van der Waals surface area contributed by atoms with Crippen molar-refractivity contribution in [1.82, 2.24) is 10.2 Å². The SMILES string of the molecule is CCC(CC)O[C@@H](CO[C@H]1CCCCO1)C(NC(C)=O)[C@H](CCCOC1CCCCO1)N1C(=O)c2ccccc2C1=O. The second-order valence-corrected chi connectivity index (χ2v) is 11.4. The highest BCUT2D eigenvalue weighted by Crippen LogP contribution is 2.30. The lowest BCUT2D eigenvalue weighted by Gasteiger charge is -2.39. The number of fused-ring (bicyclic) bond motifs is 1. The zero-order chi connectivity index (χ0) is 29.9. The van der Waals surface area contributed by atoms with Gasteiger partial charge in [-0.1, -0.05) is 26.0 Å². The van der Waals surface area contributed by atoms with E-state index in [1.807, 2.05) is 0 Å². The van der Waals surface area contributed by atoms with Crippen LogP contribution in [0.15, 0.2) is 24.3 Å². The summed E-state index contributed by atoms with van der Waals surface area (Å²) < 4.78 is 30.3. The van der Waals surface area contributed by atoms with Crippen LogP contribution in [0.4, 0.5) is 0 Å². The molecule has 0 saturated carbocycles. The minimum Gasteiger partial charge on any atom is -0.370 e. The summed E-state index contributed by atoms with van der Waals surface area (Å²) in [6, 6.07) is 5.45. The van der Waals surface area contributed by atoms with Crippen LogP contribution in [0, 0.1) is 0 Å². The third-order valence-electron chi connectivity index (χ3n) is 8.29. The van der Waals surface area contributed by atoms with Crippen LogP contribution in [0.1, 0.15) is 106 Å². The Hall–Kier alpha value is -2.37. The summed E-state index contributed by atoms with van der Waals surface area (Å²) >= 11 is 0. The molecular weight excluding hydrogens is 540 g/mol. The zero-order valence-electron chi connectivity index (χ0n) is 25.4. The van der Waals surface area contributed by atoms with E-state index in [0.717, 1.165) is 51.4 Å². The molecule has 0 bridgehead atoms. The lowest BCUT2D eigenvalue weighted by atomic mass is 9.95. The van der Waals surface area contributed by atoms with Crippen molar-refractivity contribution in [2.75, 3.05) is 26.4 Å². The number of rotatable bonds is 16. The molecule has 0 aliphatic carbocycles. The molecule has 3 heterocycles. The Morgan fingerprint density at radius 3 is 2.07 bits per heavy atom. The van der Waals surface area contributed by atoms with Gasteiger partial charge in [-0.3, -0.25) is 19.3 Å². The van der Waals surface area contributed by atoms with Gasteiger partial charge in [0, 0.05) is 26.7 Å². The van der Waals surface area contributed by atoms with Gasteiger partial charge in [-0.05, 0) is 76.3 Å². The number of imide groups is 1. The molecule has 0 spiro atoms. The number of nitrogens with zero attached hydrogens (tertiary/aromatic N) is 1. The largest absolute Gasteiger partial charge is 0.370 e. The van der Waals surface area contributed by atoms with Gasteiger partial charge >= 0.3 is 0 Å². The molecule has 3 amide bonds. The Bertz CT molecular complexity index is 985. The number of benzene rings is 1. The van der Waals surface area contributed by atoms with E-state index in [4.69, 9.17) is 23.7 Å². The van der Waals surface area contributed by atoms with Crippen LogP contribution in [-0.4, -0.2) is 85.9 Å². The molecule has 4 rings (SSSR count). The number of ether oxygens (including phenoxy) is 5. The molecular formula is C32H48N2O8. The molecule has 2 fully saturated rings. The van der Waals surface area contributed by atoms with Gasteiger partial charge in [0.25, 0.3) is 11.8 Å². The Balaban J connectivity index is 1.61. The Morgan fingerprint density at radius 1 is 0.952 bits per heavy atom. The van der Waals surface area contributed by atoms with Gasteiger partial charge in [-0.2, -0.15) is 0 Å². The molecule has 2 saturated heterocycles. The molecule has 10 nitrogen and oxygen atoms in total. The van der Waals surface area contributed by atoms with E-state index in [1.54, 1.807) is 24.3 Å². The summed E-state index contributed by atoms with van der Waals surface area (Å²) in [6.45, 7) is 7.42. The monoisotopic (exact) mass is 588 g/mol. The maximum Gasteiger partial charge on any atom is 0.261 e. The summed E-state index contributed by atoms with van der Waals surface area (Å²) in [7, 11) is 0. The van der Waals surface area contributed by atoms with Gasteiger partial charge in [-0.15, -0.1) is 0 Å². The Labute approximate surface area is 249 Å². The van der Waals surface area contributed by atoms with E-state index < -0.39 is 18.2 Å². The molecule has 234 valence electrons. The average molecular weight is 589 g/mol. The van der Waals surface area contributed by atoms with Crippen LogP contribution in [0.3, 0.4) is 0 Å². The molecule has 3 aliphatic rings. The second-order valence-electron chi connectivity index (χ2n) is 11.4. The molecule has 5 atom stereocenters. The second kappa shape index (κ2) is 16.5. The number of amides is 3. The summed E-state index contributed by atoms with van der Waals surface area (Å²) in [6.07, 6.45) is 6.94. The number of hydrogen-bond acceptors (Lipinski definition) is 8. The average Bonchev–Trinajstić information content (AvgIpc) is 3.27. The fraction of sp³-hybridized carbons (Fsp3) is 0.719. The van der Waals surface area contributed by atoms with Gasteiger partial charge in [0.15, 0.2) is 12.6 Å². The van der Waals surface area contributed by atoms with Gasteiger partial charge in [0.2, 0.25) is 5.91 Å². The van der Waals surface area contributed by atoms with Crippen LogP contribution in [0.5, 0.6) is 0 Å². The minimum atomic E-state index is -0.708. The third kappa shape index (κ3) is 8.60. The number of nitrogens with one attached hydrogen (secondary N) is 1. The quantitative estimate of drug-likeness (QED) is 0.220. The van der Waals surface area contributed by atoms with Crippen LogP contribution >= 0.6 is 0 Å². The predicted octanol–water partition coefficient (Wildman–Crippen LogP) is 4.60. The van der Waals surface area contributed by atoms with Crippen LogP contribution < -0.4 is 5.32 Å².